The summed E-state index contributed by atoms with van der Waals surface area (Å²) in [5.41, 5.74) is -0.00993. The van der Waals surface area contributed by atoms with Gasteiger partial charge in [-0.1, -0.05) is 6.08 Å². The fourth-order valence-electron chi connectivity index (χ4n) is 0.980. The highest BCUT2D eigenvalue weighted by Gasteiger charge is 2.47. The van der Waals surface area contributed by atoms with E-state index in [1.165, 1.54) is 6.08 Å². The van der Waals surface area contributed by atoms with Crippen LogP contribution in [-0.2, 0) is 4.74 Å². The van der Waals surface area contributed by atoms with E-state index in [0.717, 1.165) is 0 Å². The molecule has 1 heterocycles. The topological polar surface area (TPSA) is 32.8 Å². The molecule has 0 aromatic carbocycles. The summed E-state index contributed by atoms with van der Waals surface area (Å²) in [4.78, 5) is 0. The average molecular weight is 142 g/mol. The maximum atomic E-state index is 9.10. The number of aliphatic hydroxyl groups excluding tert-OH is 1. The molecule has 0 aromatic rings. The molecule has 2 nitrogen and oxygen atoms in total. The van der Waals surface area contributed by atoms with Gasteiger partial charge in [0.05, 0.1) is 17.8 Å². The molecule has 2 heteroatoms. The van der Waals surface area contributed by atoms with E-state index in [4.69, 9.17) is 9.84 Å². The number of rotatable bonds is 3. The van der Waals surface area contributed by atoms with E-state index in [1.54, 1.807) is 0 Å². The van der Waals surface area contributed by atoms with Gasteiger partial charge in [0.1, 0.15) is 0 Å². The normalized spacial score (nSPS) is 31.3. The van der Waals surface area contributed by atoms with Crippen molar-refractivity contribution in [2.75, 3.05) is 0 Å². The number of hydrogen-bond acceptors (Lipinski definition) is 2. The lowest BCUT2D eigenvalue weighted by atomic mass is 10.1. The smallest absolute Gasteiger partial charge is 0.0895 e. The van der Waals surface area contributed by atoms with Gasteiger partial charge in [-0.2, -0.15) is 0 Å². The first-order valence-electron chi connectivity index (χ1n) is 3.54. The molecule has 58 valence electrons. The Hall–Kier alpha value is -0.340. The van der Waals surface area contributed by atoms with Crippen molar-refractivity contribution in [2.24, 2.45) is 0 Å². The number of epoxide rings is 1. The lowest BCUT2D eigenvalue weighted by Gasteiger charge is -2.01. The van der Waals surface area contributed by atoms with Crippen molar-refractivity contribution in [1.29, 1.82) is 0 Å². The molecular weight excluding hydrogens is 128 g/mol. The molecular formula is C8H14O2. The van der Waals surface area contributed by atoms with Gasteiger partial charge >= 0.3 is 0 Å². The second kappa shape index (κ2) is 2.36. The molecule has 0 amide bonds. The zero-order valence-electron chi connectivity index (χ0n) is 6.50. The van der Waals surface area contributed by atoms with E-state index in [2.05, 4.69) is 6.58 Å². The molecule has 0 aromatic heterocycles. The van der Waals surface area contributed by atoms with Crippen molar-refractivity contribution in [1.82, 2.24) is 0 Å². The minimum Gasteiger partial charge on any atom is -0.389 e. The van der Waals surface area contributed by atoms with E-state index in [9.17, 15) is 0 Å². The van der Waals surface area contributed by atoms with Crippen LogP contribution in [0.2, 0.25) is 0 Å². The van der Waals surface area contributed by atoms with Crippen molar-refractivity contribution in [3.05, 3.63) is 12.7 Å². The van der Waals surface area contributed by atoms with Crippen molar-refractivity contribution in [3.63, 3.8) is 0 Å². The second-order valence-corrected chi connectivity index (χ2v) is 3.25. The minimum absolute atomic E-state index is 0.00993. The van der Waals surface area contributed by atoms with Gasteiger partial charge in [-0.25, -0.2) is 0 Å². The molecule has 0 saturated carbocycles. The number of ether oxygens (including phenoxy) is 1. The molecule has 0 unspecified atom stereocenters. The van der Waals surface area contributed by atoms with Crippen LogP contribution >= 0.6 is 0 Å². The van der Waals surface area contributed by atoms with E-state index in [1.807, 2.05) is 13.8 Å². The maximum absolute atomic E-state index is 9.10. The molecule has 1 fully saturated rings. The van der Waals surface area contributed by atoms with Gasteiger partial charge in [-0.15, -0.1) is 6.58 Å². The predicted molar refractivity (Wildman–Crippen MR) is 39.8 cm³/mol. The van der Waals surface area contributed by atoms with Crippen LogP contribution in [-0.4, -0.2) is 22.9 Å². The van der Waals surface area contributed by atoms with Crippen LogP contribution in [0.5, 0.6) is 0 Å². The lowest BCUT2D eigenvalue weighted by molar-refractivity contribution is 0.196. The third-order valence-corrected chi connectivity index (χ3v) is 1.89. The van der Waals surface area contributed by atoms with E-state index in [-0.39, 0.29) is 11.7 Å². The van der Waals surface area contributed by atoms with Gasteiger partial charge in [-0.05, 0) is 13.8 Å². The first-order valence-corrected chi connectivity index (χ1v) is 3.54. The predicted octanol–water partition coefficient (Wildman–Crippen LogP) is 1.10. The van der Waals surface area contributed by atoms with Crippen LogP contribution in [0.3, 0.4) is 0 Å². The van der Waals surface area contributed by atoms with E-state index in [0.29, 0.717) is 6.42 Å². The average Bonchev–Trinajstić information content (AvgIpc) is 2.40. The fourth-order valence-corrected chi connectivity index (χ4v) is 0.980. The van der Waals surface area contributed by atoms with Crippen LogP contribution < -0.4 is 0 Å². The number of aliphatic hydroxyl groups is 1. The molecule has 2 atom stereocenters. The summed E-state index contributed by atoms with van der Waals surface area (Å²) in [7, 11) is 0. The second-order valence-electron chi connectivity index (χ2n) is 3.25. The third kappa shape index (κ3) is 1.58. The first kappa shape index (κ1) is 7.76. The van der Waals surface area contributed by atoms with Gasteiger partial charge in [0, 0.05) is 6.42 Å². The zero-order chi connectivity index (χ0) is 7.78. The molecule has 0 spiro atoms. The Morgan fingerprint density at radius 1 is 1.80 bits per heavy atom. The Bertz CT molecular complexity index is 140. The molecule has 1 N–H and O–H groups in total. The summed E-state index contributed by atoms with van der Waals surface area (Å²) < 4.78 is 5.27. The highest BCUT2D eigenvalue weighted by Crippen LogP contribution is 2.38. The van der Waals surface area contributed by atoms with Crippen LogP contribution in [0.4, 0.5) is 0 Å². The summed E-state index contributed by atoms with van der Waals surface area (Å²) in [6, 6.07) is 0. The fraction of sp³-hybridized carbons (Fsp3) is 0.750. The Kier molecular flexibility index (Phi) is 1.84. The first-order chi connectivity index (χ1) is 4.56. The van der Waals surface area contributed by atoms with Crippen molar-refractivity contribution < 1.29 is 9.84 Å². The summed E-state index contributed by atoms with van der Waals surface area (Å²) in [5, 5.41) is 9.10. The number of hydrogen-bond donors (Lipinski definition) is 1. The summed E-state index contributed by atoms with van der Waals surface area (Å²) in [5.74, 6) is 0. The summed E-state index contributed by atoms with van der Waals surface area (Å²) >= 11 is 0. The largest absolute Gasteiger partial charge is 0.389 e. The van der Waals surface area contributed by atoms with Crippen LogP contribution in [0.1, 0.15) is 20.3 Å². The molecule has 10 heavy (non-hydrogen) atoms. The standard InChI is InChI=1S/C8H14O2/c1-4-6(9)5-7-8(2,3)10-7/h4,6-7,9H,1,5H2,2-3H3/t6-,7+/m1/s1. The molecule has 0 radical (unpaired) electrons. The van der Waals surface area contributed by atoms with Gasteiger partial charge in [0.25, 0.3) is 0 Å². The Morgan fingerprint density at radius 2 is 2.30 bits per heavy atom. The molecule has 1 rings (SSSR count). The molecule has 1 saturated heterocycles. The van der Waals surface area contributed by atoms with Crippen LogP contribution in [0.15, 0.2) is 12.7 Å². The van der Waals surface area contributed by atoms with Gasteiger partial charge in [0.2, 0.25) is 0 Å². The Morgan fingerprint density at radius 3 is 2.60 bits per heavy atom. The molecule has 1 aliphatic rings. The highest BCUT2D eigenvalue weighted by atomic mass is 16.6. The SMILES string of the molecule is C=C[C@@H](O)C[C@@H]1OC1(C)C. The Balaban J connectivity index is 2.23. The quantitative estimate of drug-likeness (QED) is 0.473. The summed E-state index contributed by atoms with van der Waals surface area (Å²) in [6.45, 7) is 7.53. The van der Waals surface area contributed by atoms with E-state index >= 15 is 0 Å². The van der Waals surface area contributed by atoms with Crippen LogP contribution in [0, 0.1) is 0 Å². The van der Waals surface area contributed by atoms with Gasteiger partial charge in [-0.3, -0.25) is 0 Å². The Labute approximate surface area is 61.5 Å². The van der Waals surface area contributed by atoms with Crippen molar-refractivity contribution >= 4 is 0 Å². The van der Waals surface area contributed by atoms with Crippen LogP contribution in [0.25, 0.3) is 0 Å². The molecule has 0 bridgehead atoms. The maximum Gasteiger partial charge on any atom is 0.0895 e. The van der Waals surface area contributed by atoms with Gasteiger partial charge < -0.3 is 9.84 Å². The van der Waals surface area contributed by atoms with Crippen molar-refractivity contribution in [2.45, 2.75) is 38.1 Å². The van der Waals surface area contributed by atoms with Gasteiger partial charge in [0.15, 0.2) is 0 Å². The third-order valence-electron chi connectivity index (χ3n) is 1.89. The molecule has 1 aliphatic heterocycles. The monoisotopic (exact) mass is 142 g/mol. The van der Waals surface area contributed by atoms with Crippen molar-refractivity contribution in [3.8, 4) is 0 Å². The lowest BCUT2D eigenvalue weighted by Crippen LogP contribution is -2.11. The highest BCUT2D eigenvalue weighted by molar-refractivity contribution is 4.98. The van der Waals surface area contributed by atoms with E-state index < -0.39 is 6.10 Å². The minimum atomic E-state index is -0.410. The molecule has 0 aliphatic carbocycles. The zero-order valence-corrected chi connectivity index (χ0v) is 6.50. The summed E-state index contributed by atoms with van der Waals surface area (Å²) in [6.07, 6.45) is 2.03.